The molecule has 0 radical (unpaired) electrons. The minimum atomic E-state index is -2.92. The summed E-state index contributed by atoms with van der Waals surface area (Å²) in [5.41, 5.74) is 2.31. The molecule has 0 aliphatic carbocycles. The molecule has 2 rings (SSSR count). The van der Waals surface area contributed by atoms with Gasteiger partial charge in [-0.05, 0) is 24.7 Å². The first-order valence-electron chi connectivity index (χ1n) is 6.84. The van der Waals surface area contributed by atoms with Crippen molar-refractivity contribution in [1.29, 1.82) is 0 Å². The Bertz CT molecular complexity index is 670. The number of carbonyl (C=O) groups is 1. The molecule has 0 atom stereocenters. The molecular weight excluding hydrogens is 342 g/mol. The number of likely N-dealkylation sites (N-methyl/N-ethyl adjacent to an activating group) is 1. The smallest absolute Gasteiger partial charge is 0.387 e. The minimum Gasteiger partial charge on any atom is -0.493 e. The van der Waals surface area contributed by atoms with Crippen molar-refractivity contribution in [3.63, 3.8) is 0 Å². The Kier molecular flexibility index (Phi) is 6.38. The number of rotatable bonds is 8. The monoisotopic (exact) mass is 358 g/mol. The van der Waals surface area contributed by atoms with Crippen molar-refractivity contribution in [1.82, 2.24) is 15.1 Å². The number of halogens is 2. The second-order valence-corrected chi connectivity index (χ2v) is 5.66. The number of nitrogens with one attached hydrogen (secondary N) is 1. The van der Waals surface area contributed by atoms with E-state index in [1.54, 1.807) is 24.1 Å². The summed E-state index contributed by atoms with van der Waals surface area (Å²) in [4.78, 5) is 13.6. The van der Waals surface area contributed by atoms with Crippen molar-refractivity contribution in [2.45, 2.75) is 13.2 Å². The molecule has 10 heteroatoms. The zero-order chi connectivity index (χ0) is 17.5. The van der Waals surface area contributed by atoms with E-state index in [2.05, 4.69) is 20.3 Å². The normalized spacial score (nSPS) is 10.9. The molecule has 0 spiro atoms. The lowest BCUT2D eigenvalue weighted by atomic mass is 10.2. The number of hydrogen-bond acceptors (Lipinski definition) is 7. The summed E-state index contributed by atoms with van der Waals surface area (Å²) in [5, 5.41) is 10.4. The number of amides is 1. The largest absolute Gasteiger partial charge is 0.493 e. The van der Waals surface area contributed by atoms with Crippen LogP contribution in [0.15, 0.2) is 23.7 Å². The van der Waals surface area contributed by atoms with E-state index in [1.807, 2.05) is 0 Å². The van der Waals surface area contributed by atoms with E-state index < -0.39 is 6.61 Å². The molecule has 0 saturated heterocycles. The quantitative estimate of drug-likeness (QED) is 0.780. The van der Waals surface area contributed by atoms with E-state index in [0.717, 1.165) is 5.56 Å². The van der Waals surface area contributed by atoms with Gasteiger partial charge in [0.05, 0.1) is 13.7 Å². The Hall–Kier alpha value is -2.33. The van der Waals surface area contributed by atoms with Crippen molar-refractivity contribution in [2.75, 3.05) is 26.0 Å². The van der Waals surface area contributed by atoms with Crippen molar-refractivity contribution < 1.29 is 23.0 Å². The number of carbonyl (C=O) groups excluding carboxylic acids is 1. The van der Waals surface area contributed by atoms with Gasteiger partial charge in [-0.2, -0.15) is 8.78 Å². The van der Waals surface area contributed by atoms with Crippen molar-refractivity contribution >= 4 is 22.4 Å². The van der Waals surface area contributed by atoms with Gasteiger partial charge in [-0.25, -0.2) is 0 Å². The summed E-state index contributed by atoms with van der Waals surface area (Å²) < 4.78 is 34.0. The van der Waals surface area contributed by atoms with Crippen molar-refractivity contribution in [3.8, 4) is 11.5 Å². The average molecular weight is 358 g/mol. The second kappa shape index (κ2) is 8.50. The molecule has 0 saturated carbocycles. The van der Waals surface area contributed by atoms with Crippen LogP contribution in [-0.2, 0) is 11.3 Å². The summed E-state index contributed by atoms with van der Waals surface area (Å²) in [6.07, 6.45) is 0. The molecule has 1 aromatic carbocycles. The molecule has 1 aromatic heterocycles. The lowest BCUT2D eigenvalue weighted by Gasteiger charge is -2.17. The molecular formula is C14H16F2N4O3S. The van der Waals surface area contributed by atoms with E-state index in [0.29, 0.717) is 11.7 Å². The van der Waals surface area contributed by atoms with Crippen LogP contribution in [0.2, 0.25) is 0 Å². The zero-order valence-corrected chi connectivity index (χ0v) is 13.8. The number of methoxy groups -OCH3 is 1. The number of anilines is 1. The van der Waals surface area contributed by atoms with Gasteiger partial charge >= 0.3 is 6.61 Å². The first kappa shape index (κ1) is 18.0. The predicted octanol–water partition coefficient (Wildman–Crippen LogP) is 2.22. The van der Waals surface area contributed by atoms with Crippen LogP contribution in [0.25, 0.3) is 0 Å². The summed E-state index contributed by atoms with van der Waals surface area (Å²) in [6.45, 7) is -2.36. The van der Waals surface area contributed by atoms with Crippen molar-refractivity contribution in [2.24, 2.45) is 0 Å². The maximum absolute atomic E-state index is 12.3. The number of aromatic nitrogens is 2. The first-order chi connectivity index (χ1) is 11.5. The lowest BCUT2D eigenvalue weighted by molar-refractivity contribution is -0.117. The molecule has 2 aromatic rings. The maximum Gasteiger partial charge on any atom is 0.387 e. The number of nitrogens with zero attached hydrogens (tertiary/aromatic N) is 3. The fourth-order valence-electron chi connectivity index (χ4n) is 2.00. The van der Waals surface area contributed by atoms with Gasteiger partial charge in [0, 0.05) is 6.54 Å². The minimum absolute atomic E-state index is 0.0343. The van der Waals surface area contributed by atoms with Gasteiger partial charge in [0.1, 0.15) is 5.51 Å². The average Bonchev–Trinajstić information content (AvgIpc) is 3.00. The van der Waals surface area contributed by atoms with Gasteiger partial charge in [-0.1, -0.05) is 17.4 Å². The van der Waals surface area contributed by atoms with Gasteiger partial charge in [0.15, 0.2) is 11.5 Å². The van der Waals surface area contributed by atoms with Crippen LogP contribution in [0.4, 0.5) is 13.9 Å². The number of ether oxygens (including phenoxy) is 2. The molecule has 0 aliphatic rings. The molecule has 130 valence electrons. The zero-order valence-electron chi connectivity index (χ0n) is 13.0. The second-order valence-electron chi connectivity index (χ2n) is 4.83. The standard InChI is InChI=1S/C14H16F2N4O3S/c1-20(7-12(21)18-14-19-17-8-24-14)6-9-3-4-10(23-13(15)16)11(5-9)22-2/h3-5,8,13H,6-7H2,1-2H3,(H,18,19,21). The van der Waals surface area contributed by atoms with Crippen LogP contribution in [0.5, 0.6) is 11.5 Å². The van der Waals surface area contributed by atoms with E-state index in [4.69, 9.17) is 4.74 Å². The fourth-order valence-corrected chi connectivity index (χ4v) is 2.46. The molecule has 1 amide bonds. The van der Waals surface area contributed by atoms with Gasteiger partial charge in [0.2, 0.25) is 11.0 Å². The van der Waals surface area contributed by atoms with Crippen LogP contribution < -0.4 is 14.8 Å². The molecule has 1 N–H and O–H groups in total. The van der Waals surface area contributed by atoms with Crippen molar-refractivity contribution in [3.05, 3.63) is 29.3 Å². The summed E-state index contributed by atoms with van der Waals surface area (Å²) in [7, 11) is 3.13. The molecule has 24 heavy (non-hydrogen) atoms. The summed E-state index contributed by atoms with van der Waals surface area (Å²) in [6, 6.07) is 4.64. The third kappa shape index (κ3) is 5.39. The third-order valence-electron chi connectivity index (χ3n) is 2.92. The van der Waals surface area contributed by atoms with E-state index >= 15 is 0 Å². The van der Waals surface area contributed by atoms with Crippen LogP contribution in [-0.4, -0.2) is 48.3 Å². The Labute approximate surface area is 141 Å². The first-order valence-corrected chi connectivity index (χ1v) is 7.72. The van der Waals surface area contributed by atoms with Gasteiger partial charge in [0.25, 0.3) is 0 Å². The van der Waals surface area contributed by atoms with Gasteiger partial charge in [-0.3, -0.25) is 15.0 Å². The summed E-state index contributed by atoms with van der Waals surface area (Å²) in [5.74, 6) is -0.0497. The van der Waals surface area contributed by atoms with E-state index in [1.165, 1.54) is 30.0 Å². The Morgan fingerprint density at radius 3 is 2.83 bits per heavy atom. The van der Waals surface area contributed by atoms with E-state index in [-0.39, 0.29) is 24.0 Å². The highest BCUT2D eigenvalue weighted by Gasteiger charge is 2.13. The fraction of sp³-hybridized carbons (Fsp3) is 0.357. The Balaban J connectivity index is 1.93. The third-order valence-corrected chi connectivity index (χ3v) is 3.52. The topological polar surface area (TPSA) is 76.6 Å². The molecule has 0 bridgehead atoms. The Morgan fingerprint density at radius 1 is 1.42 bits per heavy atom. The van der Waals surface area contributed by atoms with Crippen LogP contribution in [0.1, 0.15) is 5.56 Å². The molecule has 7 nitrogen and oxygen atoms in total. The van der Waals surface area contributed by atoms with Crippen LogP contribution in [0, 0.1) is 0 Å². The molecule has 0 fully saturated rings. The van der Waals surface area contributed by atoms with Gasteiger partial charge < -0.3 is 9.47 Å². The highest BCUT2D eigenvalue weighted by Crippen LogP contribution is 2.29. The maximum atomic E-state index is 12.3. The van der Waals surface area contributed by atoms with Gasteiger partial charge in [-0.15, -0.1) is 10.2 Å². The Morgan fingerprint density at radius 2 is 2.21 bits per heavy atom. The number of benzene rings is 1. The van der Waals surface area contributed by atoms with Crippen LogP contribution >= 0.6 is 11.3 Å². The molecule has 0 aliphatic heterocycles. The molecule has 0 unspecified atom stereocenters. The molecule has 1 heterocycles. The predicted molar refractivity (Wildman–Crippen MR) is 84.5 cm³/mol. The number of alkyl halides is 2. The highest BCUT2D eigenvalue weighted by molar-refractivity contribution is 7.13. The highest BCUT2D eigenvalue weighted by atomic mass is 32.1. The van der Waals surface area contributed by atoms with E-state index in [9.17, 15) is 13.6 Å². The van der Waals surface area contributed by atoms with Crippen LogP contribution in [0.3, 0.4) is 0 Å². The lowest BCUT2D eigenvalue weighted by Crippen LogP contribution is -2.29. The SMILES string of the molecule is COc1cc(CN(C)CC(=O)Nc2nncs2)ccc1OC(F)F. The number of hydrogen-bond donors (Lipinski definition) is 1. The summed E-state index contributed by atoms with van der Waals surface area (Å²) >= 11 is 1.23.